The van der Waals surface area contributed by atoms with Gasteiger partial charge in [0.2, 0.25) is 0 Å². The summed E-state index contributed by atoms with van der Waals surface area (Å²) in [6.45, 7) is 1.92. The molecule has 0 saturated heterocycles. The SMILES string of the molecule is COc1ccc(CCNCc2cc(Br)cs2)cc1. The van der Waals surface area contributed by atoms with Crippen molar-refractivity contribution in [2.24, 2.45) is 0 Å². The Labute approximate surface area is 120 Å². The molecule has 0 bridgehead atoms. The minimum Gasteiger partial charge on any atom is -0.497 e. The maximum absolute atomic E-state index is 5.14. The standard InChI is InChI=1S/C14H16BrNOS/c1-17-13-4-2-11(3-5-13)6-7-16-9-14-8-12(15)10-18-14/h2-5,8,10,16H,6-7,9H2,1H3. The Hall–Kier alpha value is -0.840. The molecule has 1 heterocycles. The van der Waals surface area contributed by atoms with E-state index in [9.17, 15) is 0 Å². The quantitative estimate of drug-likeness (QED) is 0.814. The third-order valence-electron chi connectivity index (χ3n) is 2.67. The van der Waals surface area contributed by atoms with Gasteiger partial charge in [-0.05, 0) is 52.7 Å². The third kappa shape index (κ3) is 4.12. The summed E-state index contributed by atoms with van der Waals surface area (Å²) in [5.41, 5.74) is 1.33. The van der Waals surface area contributed by atoms with Crippen LogP contribution >= 0.6 is 27.3 Å². The number of hydrogen-bond acceptors (Lipinski definition) is 3. The van der Waals surface area contributed by atoms with Crippen molar-refractivity contribution < 1.29 is 4.74 Å². The van der Waals surface area contributed by atoms with Crippen molar-refractivity contribution in [2.75, 3.05) is 13.7 Å². The lowest BCUT2D eigenvalue weighted by Crippen LogP contribution is -2.15. The van der Waals surface area contributed by atoms with Crippen LogP contribution in [0.2, 0.25) is 0 Å². The van der Waals surface area contributed by atoms with Gasteiger partial charge in [0.25, 0.3) is 0 Å². The monoisotopic (exact) mass is 325 g/mol. The van der Waals surface area contributed by atoms with Crippen LogP contribution in [0, 0.1) is 0 Å². The summed E-state index contributed by atoms with van der Waals surface area (Å²) in [6.07, 6.45) is 1.04. The smallest absolute Gasteiger partial charge is 0.118 e. The summed E-state index contributed by atoms with van der Waals surface area (Å²) in [5, 5.41) is 5.56. The molecule has 0 radical (unpaired) electrons. The average Bonchev–Trinajstić information content (AvgIpc) is 2.81. The lowest BCUT2D eigenvalue weighted by atomic mass is 10.1. The number of hydrogen-bond donors (Lipinski definition) is 1. The van der Waals surface area contributed by atoms with Gasteiger partial charge < -0.3 is 10.1 Å². The van der Waals surface area contributed by atoms with Gasteiger partial charge >= 0.3 is 0 Å². The maximum Gasteiger partial charge on any atom is 0.118 e. The molecule has 0 fully saturated rings. The summed E-state index contributed by atoms with van der Waals surface area (Å²) in [4.78, 5) is 1.36. The van der Waals surface area contributed by atoms with E-state index in [1.807, 2.05) is 12.1 Å². The van der Waals surface area contributed by atoms with E-state index in [0.29, 0.717) is 0 Å². The van der Waals surface area contributed by atoms with E-state index in [1.165, 1.54) is 14.9 Å². The van der Waals surface area contributed by atoms with Gasteiger partial charge in [0, 0.05) is 21.3 Å². The number of methoxy groups -OCH3 is 1. The Kier molecular flexibility index (Phi) is 5.23. The van der Waals surface area contributed by atoms with Crippen LogP contribution in [0.1, 0.15) is 10.4 Å². The summed E-state index contributed by atoms with van der Waals surface area (Å²) in [6, 6.07) is 10.4. The van der Waals surface area contributed by atoms with Crippen molar-refractivity contribution in [2.45, 2.75) is 13.0 Å². The molecule has 2 nitrogen and oxygen atoms in total. The average molecular weight is 326 g/mol. The minimum atomic E-state index is 0.912. The molecule has 4 heteroatoms. The van der Waals surface area contributed by atoms with Crippen LogP contribution in [-0.4, -0.2) is 13.7 Å². The van der Waals surface area contributed by atoms with Gasteiger partial charge in [0.15, 0.2) is 0 Å². The van der Waals surface area contributed by atoms with E-state index in [-0.39, 0.29) is 0 Å². The normalized spacial score (nSPS) is 10.6. The minimum absolute atomic E-state index is 0.912. The first kappa shape index (κ1) is 13.6. The van der Waals surface area contributed by atoms with Crippen LogP contribution in [0.4, 0.5) is 0 Å². The first-order chi connectivity index (χ1) is 8.78. The van der Waals surface area contributed by atoms with Gasteiger partial charge in [-0.25, -0.2) is 0 Å². The number of nitrogens with one attached hydrogen (secondary N) is 1. The van der Waals surface area contributed by atoms with Crippen LogP contribution in [0.3, 0.4) is 0 Å². The van der Waals surface area contributed by atoms with Crippen LogP contribution in [-0.2, 0) is 13.0 Å². The van der Waals surface area contributed by atoms with Crippen LogP contribution < -0.4 is 10.1 Å². The Balaban J connectivity index is 1.71. The number of thiophene rings is 1. The van der Waals surface area contributed by atoms with Gasteiger partial charge in [-0.2, -0.15) is 0 Å². The topological polar surface area (TPSA) is 21.3 Å². The fourth-order valence-electron chi connectivity index (χ4n) is 1.68. The summed E-state index contributed by atoms with van der Waals surface area (Å²) >= 11 is 5.24. The lowest BCUT2D eigenvalue weighted by molar-refractivity contribution is 0.414. The zero-order chi connectivity index (χ0) is 12.8. The van der Waals surface area contributed by atoms with Crippen molar-refractivity contribution in [1.29, 1.82) is 0 Å². The first-order valence-electron chi connectivity index (χ1n) is 5.84. The molecule has 0 aliphatic carbocycles. The second kappa shape index (κ2) is 6.92. The highest BCUT2D eigenvalue weighted by atomic mass is 79.9. The van der Waals surface area contributed by atoms with Crippen molar-refractivity contribution in [3.05, 3.63) is 50.6 Å². The Morgan fingerprint density at radius 3 is 2.67 bits per heavy atom. The number of benzene rings is 1. The van der Waals surface area contributed by atoms with E-state index in [2.05, 4.69) is 44.8 Å². The number of halogens is 1. The number of rotatable bonds is 6. The zero-order valence-electron chi connectivity index (χ0n) is 10.3. The molecule has 0 spiro atoms. The highest BCUT2D eigenvalue weighted by molar-refractivity contribution is 9.10. The molecule has 1 aromatic heterocycles. The molecule has 0 saturated carbocycles. The molecule has 1 aromatic carbocycles. The molecule has 0 aliphatic heterocycles. The van der Waals surface area contributed by atoms with Gasteiger partial charge in [0.1, 0.15) is 5.75 Å². The van der Waals surface area contributed by atoms with E-state index in [0.717, 1.165) is 25.3 Å². The second-order valence-corrected chi connectivity index (χ2v) is 5.92. The van der Waals surface area contributed by atoms with E-state index in [1.54, 1.807) is 18.4 Å². The lowest BCUT2D eigenvalue weighted by Gasteiger charge is -2.04. The Morgan fingerprint density at radius 2 is 2.06 bits per heavy atom. The molecule has 96 valence electrons. The molecule has 0 unspecified atom stereocenters. The molecule has 2 rings (SSSR count). The maximum atomic E-state index is 5.14. The van der Waals surface area contributed by atoms with Crippen molar-refractivity contribution in [3.8, 4) is 5.75 Å². The van der Waals surface area contributed by atoms with Crippen molar-refractivity contribution >= 4 is 27.3 Å². The molecule has 0 aliphatic rings. The molecule has 0 atom stereocenters. The molecular formula is C14H16BrNOS. The fraction of sp³-hybridized carbons (Fsp3) is 0.286. The highest BCUT2D eigenvalue weighted by Crippen LogP contribution is 2.19. The van der Waals surface area contributed by atoms with Crippen molar-refractivity contribution in [3.63, 3.8) is 0 Å². The predicted molar refractivity (Wildman–Crippen MR) is 80.4 cm³/mol. The molecule has 0 amide bonds. The third-order valence-corrected chi connectivity index (χ3v) is 4.37. The van der Waals surface area contributed by atoms with Gasteiger partial charge in [-0.15, -0.1) is 11.3 Å². The van der Waals surface area contributed by atoms with E-state index in [4.69, 9.17) is 4.74 Å². The Morgan fingerprint density at radius 1 is 1.28 bits per heavy atom. The van der Waals surface area contributed by atoms with Crippen LogP contribution in [0.15, 0.2) is 40.2 Å². The number of ether oxygens (including phenoxy) is 1. The highest BCUT2D eigenvalue weighted by Gasteiger charge is 1.98. The molecular weight excluding hydrogens is 310 g/mol. The molecule has 1 N–H and O–H groups in total. The fourth-order valence-corrected chi connectivity index (χ4v) is 3.10. The zero-order valence-corrected chi connectivity index (χ0v) is 12.7. The van der Waals surface area contributed by atoms with Crippen LogP contribution in [0.5, 0.6) is 5.75 Å². The summed E-state index contributed by atoms with van der Waals surface area (Å²) in [5.74, 6) is 0.912. The Bertz CT molecular complexity index is 481. The van der Waals surface area contributed by atoms with Crippen LogP contribution in [0.25, 0.3) is 0 Å². The van der Waals surface area contributed by atoms with Crippen molar-refractivity contribution in [1.82, 2.24) is 5.32 Å². The van der Waals surface area contributed by atoms with E-state index < -0.39 is 0 Å². The van der Waals surface area contributed by atoms with Gasteiger partial charge in [0.05, 0.1) is 7.11 Å². The summed E-state index contributed by atoms with van der Waals surface area (Å²) in [7, 11) is 1.69. The summed E-state index contributed by atoms with van der Waals surface area (Å²) < 4.78 is 6.30. The molecule has 18 heavy (non-hydrogen) atoms. The predicted octanol–water partition coefficient (Wildman–Crippen LogP) is 3.85. The molecule has 2 aromatic rings. The first-order valence-corrected chi connectivity index (χ1v) is 7.52. The van der Waals surface area contributed by atoms with Gasteiger partial charge in [-0.1, -0.05) is 12.1 Å². The largest absolute Gasteiger partial charge is 0.497 e. The van der Waals surface area contributed by atoms with E-state index >= 15 is 0 Å². The van der Waals surface area contributed by atoms with Gasteiger partial charge in [-0.3, -0.25) is 0 Å². The second-order valence-electron chi connectivity index (χ2n) is 4.01.